The van der Waals surface area contributed by atoms with Crippen molar-refractivity contribution in [3.8, 4) is 0 Å². The lowest BCUT2D eigenvalue weighted by atomic mass is 10.2. The molecule has 1 aromatic heterocycles. The Balaban J connectivity index is 1.92. The maximum Gasteiger partial charge on any atom is 0.266 e. The van der Waals surface area contributed by atoms with Crippen LogP contribution in [0.1, 0.15) is 23.0 Å². The molecule has 1 aromatic carbocycles. The van der Waals surface area contributed by atoms with Crippen molar-refractivity contribution in [2.24, 2.45) is 0 Å². The zero-order valence-electron chi connectivity index (χ0n) is 11.8. The summed E-state index contributed by atoms with van der Waals surface area (Å²) in [6.45, 7) is 3.83. The molecule has 0 bridgehead atoms. The molecule has 2 N–H and O–H groups in total. The molecule has 2 aromatic rings. The van der Waals surface area contributed by atoms with Crippen LogP contribution in [0.2, 0.25) is 0 Å². The van der Waals surface area contributed by atoms with Crippen molar-refractivity contribution in [1.82, 2.24) is 4.90 Å². The van der Waals surface area contributed by atoms with Gasteiger partial charge in [0.1, 0.15) is 4.88 Å². The number of anilines is 1. The Morgan fingerprint density at radius 1 is 1.52 bits per heavy atom. The summed E-state index contributed by atoms with van der Waals surface area (Å²) in [5.74, 6) is 1.10. The normalized spacial score (nSPS) is 19.1. The lowest BCUT2D eigenvalue weighted by Crippen LogP contribution is -2.41. The molecule has 1 amide bonds. The summed E-state index contributed by atoms with van der Waals surface area (Å²) >= 11 is 6.92. The molecule has 1 aliphatic heterocycles. The zero-order chi connectivity index (χ0) is 15.0. The van der Waals surface area contributed by atoms with Gasteiger partial charge in [-0.15, -0.1) is 11.3 Å². The monoisotopic (exact) mass is 384 g/mol. The number of halogens is 1. The molecule has 1 atom stereocenters. The molecule has 1 fully saturated rings. The molecular formula is C15H17BrN2OS2. The highest BCUT2D eigenvalue weighted by Crippen LogP contribution is 2.36. The Morgan fingerprint density at radius 2 is 2.33 bits per heavy atom. The highest BCUT2D eigenvalue weighted by molar-refractivity contribution is 9.10. The van der Waals surface area contributed by atoms with Gasteiger partial charge in [0, 0.05) is 38.7 Å². The van der Waals surface area contributed by atoms with E-state index < -0.39 is 0 Å². The summed E-state index contributed by atoms with van der Waals surface area (Å²) in [4.78, 5) is 15.4. The van der Waals surface area contributed by atoms with E-state index in [0.29, 0.717) is 15.8 Å². The molecule has 1 unspecified atom stereocenters. The van der Waals surface area contributed by atoms with E-state index in [9.17, 15) is 4.79 Å². The number of hydrogen-bond donors (Lipinski definition) is 1. The molecule has 3 rings (SSSR count). The number of amides is 1. The van der Waals surface area contributed by atoms with Gasteiger partial charge in [0.25, 0.3) is 5.91 Å². The number of benzene rings is 1. The van der Waals surface area contributed by atoms with Crippen LogP contribution in [-0.2, 0) is 0 Å². The Hall–Kier alpha value is -0.720. The molecule has 0 aliphatic carbocycles. The first-order valence-corrected chi connectivity index (χ1v) is 9.64. The van der Waals surface area contributed by atoms with Gasteiger partial charge in [0.2, 0.25) is 0 Å². The number of nitrogen functional groups attached to an aromatic ring is 1. The van der Waals surface area contributed by atoms with Crippen LogP contribution in [0.5, 0.6) is 0 Å². The van der Waals surface area contributed by atoms with Gasteiger partial charge < -0.3 is 10.6 Å². The average molecular weight is 385 g/mol. The van der Waals surface area contributed by atoms with E-state index in [1.807, 2.05) is 34.9 Å². The standard InChI is InChI=1S/C15H17BrN2OS2/c1-2-10-8-18(5-6-20-10)15(19)14-13(17)11-4-3-9(16)7-12(11)21-14/h3-4,7,10H,2,5-6,8,17H2,1H3. The number of thiophene rings is 1. The highest BCUT2D eigenvalue weighted by atomic mass is 79.9. The zero-order valence-corrected chi connectivity index (χ0v) is 15.0. The molecule has 0 saturated carbocycles. The lowest BCUT2D eigenvalue weighted by Gasteiger charge is -2.31. The van der Waals surface area contributed by atoms with Gasteiger partial charge in [-0.1, -0.05) is 28.9 Å². The topological polar surface area (TPSA) is 46.3 Å². The molecule has 21 heavy (non-hydrogen) atoms. The summed E-state index contributed by atoms with van der Waals surface area (Å²) < 4.78 is 2.07. The van der Waals surface area contributed by atoms with Crippen LogP contribution < -0.4 is 5.73 Å². The minimum Gasteiger partial charge on any atom is -0.397 e. The van der Waals surface area contributed by atoms with Crippen LogP contribution in [0.25, 0.3) is 10.1 Å². The minimum atomic E-state index is 0.0866. The summed E-state index contributed by atoms with van der Waals surface area (Å²) in [6, 6.07) is 5.96. The van der Waals surface area contributed by atoms with Crippen molar-refractivity contribution in [2.75, 3.05) is 24.6 Å². The third-order valence-corrected chi connectivity index (χ3v) is 6.79. The van der Waals surface area contributed by atoms with E-state index in [0.717, 1.165) is 39.8 Å². The van der Waals surface area contributed by atoms with Gasteiger partial charge in [-0.3, -0.25) is 4.79 Å². The van der Waals surface area contributed by atoms with E-state index in [-0.39, 0.29) is 5.91 Å². The molecule has 0 radical (unpaired) electrons. The van der Waals surface area contributed by atoms with Crippen LogP contribution >= 0.6 is 39.0 Å². The summed E-state index contributed by atoms with van der Waals surface area (Å²) in [6.07, 6.45) is 1.10. The minimum absolute atomic E-state index is 0.0866. The number of rotatable bonds is 2. The number of fused-ring (bicyclic) bond motifs is 1. The summed E-state index contributed by atoms with van der Waals surface area (Å²) in [5.41, 5.74) is 6.83. The molecule has 0 spiro atoms. The molecule has 1 aliphatic rings. The molecular weight excluding hydrogens is 368 g/mol. The summed E-state index contributed by atoms with van der Waals surface area (Å²) in [7, 11) is 0. The van der Waals surface area contributed by atoms with Crippen molar-refractivity contribution in [2.45, 2.75) is 18.6 Å². The third kappa shape index (κ3) is 2.94. The van der Waals surface area contributed by atoms with Gasteiger partial charge in [-0.2, -0.15) is 11.8 Å². The van der Waals surface area contributed by atoms with E-state index >= 15 is 0 Å². The second kappa shape index (κ2) is 6.18. The highest BCUT2D eigenvalue weighted by Gasteiger charge is 2.27. The first-order valence-electron chi connectivity index (χ1n) is 6.98. The van der Waals surface area contributed by atoms with E-state index in [2.05, 4.69) is 22.9 Å². The molecule has 2 heterocycles. The van der Waals surface area contributed by atoms with Crippen LogP contribution in [-0.4, -0.2) is 34.9 Å². The molecule has 112 valence electrons. The number of carbonyl (C=O) groups excluding carboxylic acids is 1. The van der Waals surface area contributed by atoms with E-state index in [1.54, 1.807) is 0 Å². The SMILES string of the molecule is CCC1CN(C(=O)c2sc3cc(Br)ccc3c2N)CCS1. The number of hydrogen-bond acceptors (Lipinski definition) is 4. The van der Waals surface area contributed by atoms with E-state index in [1.165, 1.54) is 11.3 Å². The molecule has 3 nitrogen and oxygen atoms in total. The summed E-state index contributed by atoms with van der Waals surface area (Å²) in [5, 5.41) is 1.53. The molecule has 6 heteroatoms. The van der Waals surface area contributed by atoms with Crippen LogP contribution in [0.3, 0.4) is 0 Å². The van der Waals surface area contributed by atoms with Crippen molar-refractivity contribution in [3.05, 3.63) is 27.5 Å². The number of nitrogens with two attached hydrogens (primary N) is 1. The van der Waals surface area contributed by atoms with Crippen LogP contribution in [0.15, 0.2) is 22.7 Å². The number of thioether (sulfide) groups is 1. The van der Waals surface area contributed by atoms with Gasteiger partial charge in [0.05, 0.1) is 5.69 Å². The second-order valence-electron chi connectivity index (χ2n) is 5.14. The van der Waals surface area contributed by atoms with Gasteiger partial charge in [0.15, 0.2) is 0 Å². The van der Waals surface area contributed by atoms with Gasteiger partial charge >= 0.3 is 0 Å². The predicted molar refractivity (Wildman–Crippen MR) is 96.4 cm³/mol. The smallest absolute Gasteiger partial charge is 0.266 e. The average Bonchev–Trinajstić information content (AvgIpc) is 2.83. The van der Waals surface area contributed by atoms with Crippen LogP contribution in [0.4, 0.5) is 5.69 Å². The fourth-order valence-electron chi connectivity index (χ4n) is 2.54. The first kappa shape index (κ1) is 15.2. The Labute approximate surface area is 141 Å². The quantitative estimate of drug-likeness (QED) is 0.842. The Morgan fingerprint density at radius 3 is 3.10 bits per heavy atom. The van der Waals surface area contributed by atoms with Crippen LogP contribution in [0, 0.1) is 0 Å². The fraction of sp³-hybridized carbons (Fsp3) is 0.400. The maximum absolute atomic E-state index is 12.8. The van der Waals surface area contributed by atoms with Crippen molar-refractivity contribution in [3.63, 3.8) is 0 Å². The van der Waals surface area contributed by atoms with Crippen molar-refractivity contribution >= 4 is 60.7 Å². The predicted octanol–water partition coefficient (Wildman–Crippen LogP) is 4.21. The van der Waals surface area contributed by atoms with Crippen molar-refractivity contribution in [1.29, 1.82) is 0 Å². The van der Waals surface area contributed by atoms with E-state index in [4.69, 9.17) is 5.73 Å². The lowest BCUT2D eigenvalue weighted by molar-refractivity contribution is 0.0767. The maximum atomic E-state index is 12.8. The number of nitrogens with zero attached hydrogens (tertiary/aromatic N) is 1. The van der Waals surface area contributed by atoms with Gasteiger partial charge in [-0.25, -0.2) is 0 Å². The Bertz CT molecular complexity index is 686. The molecule has 1 saturated heterocycles. The largest absolute Gasteiger partial charge is 0.397 e. The number of carbonyl (C=O) groups is 1. The third-order valence-electron chi connectivity index (χ3n) is 3.77. The first-order chi connectivity index (χ1) is 10.1. The Kier molecular flexibility index (Phi) is 4.47. The van der Waals surface area contributed by atoms with Gasteiger partial charge in [-0.05, 0) is 18.6 Å². The second-order valence-corrected chi connectivity index (χ2v) is 8.51. The van der Waals surface area contributed by atoms with Crippen molar-refractivity contribution < 1.29 is 4.79 Å². The fourth-order valence-corrected chi connectivity index (χ4v) is 5.37.